The van der Waals surface area contributed by atoms with Crippen LogP contribution >= 0.6 is 0 Å². The van der Waals surface area contributed by atoms with E-state index in [1.54, 1.807) is 12.1 Å². The zero-order valence-electron chi connectivity index (χ0n) is 15.3. The smallest absolute Gasteiger partial charge is 0.240 e. The summed E-state index contributed by atoms with van der Waals surface area (Å²) in [6.45, 7) is 6.20. The van der Waals surface area contributed by atoms with E-state index in [1.807, 2.05) is 20.8 Å². The molecule has 1 rings (SSSR count). The van der Waals surface area contributed by atoms with Crippen LogP contribution in [0.1, 0.15) is 30.9 Å². The Hall–Kier alpha value is -1.93. The Bertz CT molecular complexity index is 717. The number of sulfonamides is 1. The van der Waals surface area contributed by atoms with Crippen LogP contribution in [0.25, 0.3) is 0 Å². The number of nitrogens with zero attached hydrogens (tertiary/aromatic N) is 1. The van der Waals surface area contributed by atoms with Gasteiger partial charge in [0.25, 0.3) is 0 Å². The summed E-state index contributed by atoms with van der Waals surface area (Å²) in [5, 5.41) is 2.69. The second-order valence-electron chi connectivity index (χ2n) is 5.99. The van der Waals surface area contributed by atoms with Gasteiger partial charge in [-0.2, -0.15) is 0 Å². The zero-order chi connectivity index (χ0) is 19.0. The van der Waals surface area contributed by atoms with Crippen LogP contribution in [0.5, 0.6) is 0 Å². The summed E-state index contributed by atoms with van der Waals surface area (Å²) >= 11 is 0. The minimum Gasteiger partial charge on any atom is -0.355 e. The van der Waals surface area contributed by atoms with Crippen LogP contribution in [0.2, 0.25) is 0 Å². The van der Waals surface area contributed by atoms with Gasteiger partial charge < -0.3 is 10.2 Å². The summed E-state index contributed by atoms with van der Waals surface area (Å²) in [4.78, 5) is 25.0. The molecule has 0 radical (unpaired) electrons. The lowest BCUT2D eigenvalue weighted by Crippen LogP contribution is -2.39. The lowest BCUT2D eigenvalue weighted by Gasteiger charge is -2.17. The monoisotopic (exact) mass is 369 g/mol. The van der Waals surface area contributed by atoms with E-state index in [0.717, 1.165) is 17.5 Å². The summed E-state index contributed by atoms with van der Waals surface area (Å²) in [6.07, 6.45) is 0.811. The lowest BCUT2D eigenvalue weighted by molar-refractivity contribution is -0.134. The van der Waals surface area contributed by atoms with Gasteiger partial charge in [0, 0.05) is 26.6 Å². The number of carbonyl (C=O) groups is 2. The molecule has 0 saturated heterocycles. The van der Waals surface area contributed by atoms with E-state index in [9.17, 15) is 18.0 Å². The average molecular weight is 369 g/mol. The molecule has 140 valence electrons. The van der Waals surface area contributed by atoms with E-state index in [-0.39, 0.29) is 36.2 Å². The molecule has 0 saturated carbocycles. The Morgan fingerprint density at radius 2 is 1.80 bits per heavy atom. The van der Waals surface area contributed by atoms with Crippen LogP contribution in [0.15, 0.2) is 23.1 Å². The predicted octanol–water partition coefficient (Wildman–Crippen LogP) is 0.956. The van der Waals surface area contributed by atoms with E-state index in [1.165, 1.54) is 18.0 Å². The maximum atomic E-state index is 12.2. The molecule has 1 aromatic rings. The van der Waals surface area contributed by atoms with Crippen LogP contribution in [-0.4, -0.2) is 51.8 Å². The van der Waals surface area contributed by atoms with Gasteiger partial charge in [0.1, 0.15) is 0 Å². The normalized spacial score (nSPS) is 11.2. The molecular weight excluding hydrogens is 342 g/mol. The third-order valence-electron chi connectivity index (χ3n) is 3.80. The zero-order valence-corrected chi connectivity index (χ0v) is 16.1. The number of carbonyl (C=O) groups excluding carboxylic acids is 2. The third kappa shape index (κ3) is 6.83. The highest BCUT2D eigenvalue weighted by Crippen LogP contribution is 2.14. The number of hydrogen-bond donors (Lipinski definition) is 2. The highest BCUT2D eigenvalue weighted by atomic mass is 32.2. The quantitative estimate of drug-likeness (QED) is 0.678. The van der Waals surface area contributed by atoms with Gasteiger partial charge in [-0.3, -0.25) is 9.59 Å². The summed E-state index contributed by atoms with van der Waals surface area (Å²) < 4.78 is 26.9. The number of likely N-dealkylation sites (N-methyl/N-ethyl adjacent to an activating group) is 1. The van der Waals surface area contributed by atoms with Gasteiger partial charge >= 0.3 is 0 Å². The Labute approximate surface area is 149 Å². The summed E-state index contributed by atoms with van der Waals surface area (Å²) in [5.41, 5.74) is 1.90. The van der Waals surface area contributed by atoms with Gasteiger partial charge in [0.2, 0.25) is 21.8 Å². The minimum absolute atomic E-state index is 0.0123. The summed E-state index contributed by atoms with van der Waals surface area (Å²) in [6, 6.07) is 4.89. The fraction of sp³-hybridized carbons (Fsp3) is 0.529. The number of rotatable bonds is 9. The Balaban J connectivity index is 2.50. The summed E-state index contributed by atoms with van der Waals surface area (Å²) in [7, 11) is -2.14. The molecule has 25 heavy (non-hydrogen) atoms. The predicted molar refractivity (Wildman–Crippen MR) is 96.7 cm³/mol. The molecule has 7 nitrogen and oxygen atoms in total. The number of benzene rings is 1. The number of hydrogen-bond acceptors (Lipinski definition) is 4. The molecule has 0 spiro atoms. The SMILES string of the molecule is CCCNC(=O)CN(C)C(=O)CCNS(=O)(=O)c1ccc(C)c(C)c1. The van der Waals surface area contributed by atoms with Gasteiger partial charge in [-0.15, -0.1) is 0 Å². The van der Waals surface area contributed by atoms with Crippen molar-refractivity contribution in [2.75, 3.05) is 26.7 Å². The van der Waals surface area contributed by atoms with Crippen molar-refractivity contribution in [3.63, 3.8) is 0 Å². The van der Waals surface area contributed by atoms with Gasteiger partial charge in [-0.05, 0) is 43.5 Å². The van der Waals surface area contributed by atoms with Crippen LogP contribution in [0.4, 0.5) is 0 Å². The molecular formula is C17H27N3O4S. The second-order valence-corrected chi connectivity index (χ2v) is 7.76. The van der Waals surface area contributed by atoms with Crippen molar-refractivity contribution in [1.82, 2.24) is 14.9 Å². The van der Waals surface area contributed by atoms with Crippen molar-refractivity contribution >= 4 is 21.8 Å². The van der Waals surface area contributed by atoms with Crippen molar-refractivity contribution in [3.05, 3.63) is 29.3 Å². The molecule has 0 unspecified atom stereocenters. The summed E-state index contributed by atoms with van der Waals surface area (Å²) in [5.74, 6) is -0.525. The number of aryl methyl sites for hydroxylation is 2. The van der Waals surface area contributed by atoms with Crippen LogP contribution in [-0.2, 0) is 19.6 Å². The molecule has 0 aliphatic rings. The molecule has 8 heteroatoms. The van der Waals surface area contributed by atoms with E-state index in [0.29, 0.717) is 6.54 Å². The second kappa shape index (κ2) is 9.53. The number of nitrogens with one attached hydrogen (secondary N) is 2. The standard InChI is InChI=1S/C17H27N3O4S/c1-5-9-18-16(21)12-20(4)17(22)8-10-19-25(23,24)15-7-6-13(2)14(3)11-15/h6-7,11,19H,5,8-10,12H2,1-4H3,(H,18,21). The minimum atomic E-state index is -3.66. The molecule has 0 aliphatic carbocycles. The van der Waals surface area contributed by atoms with Crippen LogP contribution in [0, 0.1) is 13.8 Å². The Morgan fingerprint density at radius 3 is 2.40 bits per heavy atom. The average Bonchev–Trinajstić information content (AvgIpc) is 2.54. The highest BCUT2D eigenvalue weighted by molar-refractivity contribution is 7.89. The fourth-order valence-electron chi connectivity index (χ4n) is 2.07. The molecule has 1 aromatic carbocycles. The molecule has 0 atom stereocenters. The van der Waals surface area contributed by atoms with Gasteiger partial charge in [-0.25, -0.2) is 13.1 Å². The molecule has 0 aliphatic heterocycles. The molecule has 0 aromatic heterocycles. The van der Waals surface area contributed by atoms with Crippen molar-refractivity contribution < 1.29 is 18.0 Å². The van der Waals surface area contributed by atoms with Crippen molar-refractivity contribution in [2.45, 2.75) is 38.5 Å². The fourth-order valence-corrected chi connectivity index (χ4v) is 3.19. The topological polar surface area (TPSA) is 95.6 Å². The van der Waals surface area contributed by atoms with Gasteiger partial charge in [-0.1, -0.05) is 13.0 Å². The maximum absolute atomic E-state index is 12.2. The first-order valence-corrected chi connectivity index (χ1v) is 9.73. The Kier molecular flexibility index (Phi) is 8.05. The molecule has 0 bridgehead atoms. The van der Waals surface area contributed by atoms with Crippen molar-refractivity contribution in [3.8, 4) is 0 Å². The van der Waals surface area contributed by atoms with E-state index >= 15 is 0 Å². The third-order valence-corrected chi connectivity index (χ3v) is 5.26. The van der Waals surface area contributed by atoms with Crippen molar-refractivity contribution in [2.24, 2.45) is 0 Å². The first kappa shape index (κ1) is 21.1. The first-order chi connectivity index (χ1) is 11.7. The van der Waals surface area contributed by atoms with Crippen LogP contribution < -0.4 is 10.0 Å². The lowest BCUT2D eigenvalue weighted by atomic mass is 10.1. The van der Waals surface area contributed by atoms with Crippen molar-refractivity contribution in [1.29, 1.82) is 0 Å². The molecule has 2 N–H and O–H groups in total. The maximum Gasteiger partial charge on any atom is 0.240 e. The molecule has 2 amide bonds. The molecule has 0 heterocycles. The molecule has 0 fully saturated rings. The van der Waals surface area contributed by atoms with Crippen LogP contribution in [0.3, 0.4) is 0 Å². The van der Waals surface area contributed by atoms with E-state index in [2.05, 4.69) is 10.0 Å². The largest absolute Gasteiger partial charge is 0.355 e. The van der Waals surface area contributed by atoms with Gasteiger partial charge in [0.05, 0.1) is 11.4 Å². The highest BCUT2D eigenvalue weighted by Gasteiger charge is 2.17. The first-order valence-electron chi connectivity index (χ1n) is 8.25. The van der Waals surface area contributed by atoms with Gasteiger partial charge in [0.15, 0.2) is 0 Å². The van der Waals surface area contributed by atoms with E-state index < -0.39 is 10.0 Å². The Morgan fingerprint density at radius 1 is 1.12 bits per heavy atom. The number of amides is 2. The van der Waals surface area contributed by atoms with E-state index in [4.69, 9.17) is 0 Å².